The van der Waals surface area contributed by atoms with Crippen molar-refractivity contribution in [2.45, 2.75) is 49.2 Å². The number of esters is 1. The van der Waals surface area contributed by atoms with Crippen LogP contribution in [0.3, 0.4) is 0 Å². The number of benzene rings is 1. The van der Waals surface area contributed by atoms with Gasteiger partial charge in [-0.15, -0.1) is 11.8 Å². The Balaban J connectivity index is 2.20. The first-order valence-corrected chi connectivity index (χ1v) is 8.12. The van der Waals surface area contributed by atoms with Gasteiger partial charge >= 0.3 is 5.97 Å². The van der Waals surface area contributed by atoms with Crippen molar-refractivity contribution in [2.24, 2.45) is 0 Å². The fourth-order valence-corrected chi connectivity index (χ4v) is 3.79. The Labute approximate surface area is 128 Å². The summed E-state index contributed by atoms with van der Waals surface area (Å²) in [4.78, 5) is 23.1. The lowest BCUT2D eigenvalue weighted by Crippen LogP contribution is -2.09. The van der Waals surface area contributed by atoms with Gasteiger partial charge in [0.15, 0.2) is 0 Å². The topological polar surface area (TPSA) is 69.4 Å². The zero-order chi connectivity index (χ0) is 15.2. The van der Waals surface area contributed by atoms with Gasteiger partial charge in [0.2, 0.25) is 0 Å². The maximum atomic E-state index is 11.7. The number of carbonyl (C=O) groups is 1. The molecule has 0 bridgehead atoms. The van der Waals surface area contributed by atoms with Crippen LogP contribution in [0.5, 0.6) is 0 Å². The molecule has 6 heteroatoms. The average Bonchev–Trinajstić information content (AvgIpc) is 2.48. The second-order valence-corrected chi connectivity index (χ2v) is 6.38. The maximum Gasteiger partial charge on any atom is 0.338 e. The number of hydrogen-bond acceptors (Lipinski definition) is 5. The van der Waals surface area contributed by atoms with Crippen molar-refractivity contribution < 1.29 is 14.5 Å². The van der Waals surface area contributed by atoms with Gasteiger partial charge in [0, 0.05) is 11.3 Å². The molecule has 0 saturated heterocycles. The third kappa shape index (κ3) is 4.20. The van der Waals surface area contributed by atoms with Crippen LogP contribution in [-0.4, -0.2) is 22.7 Å². The number of hydrogen-bond donors (Lipinski definition) is 0. The highest BCUT2D eigenvalue weighted by Gasteiger charge is 2.22. The Hall–Kier alpha value is -1.56. The first-order chi connectivity index (χ1) is 10.1. The quantitative estimate of drug-likeness (QED) is 0.463. The third-order valence-corrected chi connectivity index (χ3v) is 4.92. The number of nitro benzene ring substituents is 1. The van der Waals surface area contributed by atoms with Gasteiger partial charge in [-0.3, -0.25) is 10.1 Å². The zero-order valence-corrected chi connectivity index (χ0v) is 12.9. The van der Waals surface area contributed by atoms with Crippen LogP contribution in [0.1, 0.15) is 49.4 Å². The lowest BCUT2D eigenvalue weighted by Gasteiger charge is -2.20. The molecule has 0 radical (unpaired) electrons. The van der Waals surface area contributed by atoms with E-state index in [1.165, 1.54) is 25.3 Å². The first-order valence-electron chi connectivity index (χ1n) is 7.24. The molecule has 0 unspecified atom stereocenters. The Morgan fingerprint density at radius 1 is 1.38 bits per heavy atom. The molecule has 21 heavy (non-hydrogen) atoms. The van der Waals surface area contributed by atoms with Crippen molar-refractivity contribution in [1.82, 2.24) is 0 Å². The van der Waals surface area contributed by atoms with Gasteiger partial charge in [0.25, 0.3) is 5.69 Å². The summed E-state index contributed by atoms with van der Waals surface area (Å²) in [6, 6.07) is 4.60. The summed E-state index contributed by atoms with van der Waals surface area (Å²) in [6.07, 6.45) is 5.82. The lowest BCUT2D eigenvalue weighted by molar-refractivity contribution is -0.387. The molecule has 0 amide bonds. The molecule has 1 aromatic rings. The van der Waals surface area contributed by atoms with Crippen molar-refractivity contribution in [3.63, 3.8) is 0 Å². The van der Waals surface area contributed by atoms with Crippen LogP contribution >= 0.6 is 11.8 Å². The number of nitro groups is 1. The van der Waals surface area contributed by atoms with E-state index >= 15 is 0 Å². The summed E-state index contributed by atoms with van der Waals surface area (Å²) >= 11 is 1.56. The van der Waals surface area contributed by atoms with E-state index in [1.54, 1.807) is 30.8 Å². The number of nitrogens with zero attached hydrogens (tertiary/aromatic N) is 1. The van der Waals surface area contributed by atoms with Gasteiger partial charge in [0.05, 0.1) is 22.0 Å². The number of carbonyl (C=O) groups excluding carboxylic acids is 1. The minimum atomic E-state index is -0.519. The first kappa shape index (κ1) is 15.8. The minimum absolute atomic E-state index is 0.00359. The van der Waals surface area contributed by atoms with E-state index < -0.39 is 10.9 Å². The van der Waals surface area contributed by atoms with Crippen LogP contribution in [0, 0.1) is 10.1 Å². The standard InChI is InChI=1S/C15H19NO4S/c1-2-20-15(17)11-8-9-14(13(10-11)16(18)19)21-12-6-4-3-5-7-12/h8-10,12H,2-7H2,1H3. The van der Waals surface area contributed by atoms with Crippen LogP contribution in [0.4, 0.5) is 5.69 Å². The molecular formula is C15H19NO4S. The van der Waals surface area contributed by atoms with Crippen molar-refractivity contribution >= 4 is 23.4 Å². The molecule has 0 aromatic heterocycles. The Morgan fingerprint density at radius 3 is 2.71 bits per heavy atom. The minimum Gasteiger partial charge on any atom is -0.462 e. The van der Waals surface area contributed by atoms with Crippen LogP contribution in [0.2, 0.25) is 0 Å². The van der Waals surface area contributed by atoms with Gasteiger partial charge in [-0.25, -0.2) is 4.79 Å². The zero-order valence-electron chi connectivity index (χ0n) is 12.0. The molecule has 1 aliphatic carbocycles. The summed E-state index contributed by atoms with van der Waals surface area (Å²) in [5.41, 5.74) is 0.229. The number of ether oxygens (including phenoxy) is 1. The van der Waals surface area contributed by atoms with Crippen molar-refractivity contribution in [3.8, 4) is 0 Å². The molecule has 5 nitrogen and oxygen atoms in total. The van der Waals surface area contributed by atoms with E-state index in [9.17, 15) is 14.9 Å². The molecule has 0 N–H and O–H groups in total. The SMILES string of the molecule is CCOC(=O)c1ccc(SC2CCCCC2)c([N+](=O)[O-])c1. The molecule has 0 atom stereocenters. The van der Waals surface area contributed by atoms with E-state index in [0.29, 0.717) is 10.1 Å². The van der Waals surface area contributed by atoms with E-state index in [1.807, 2.05) is 0 Å². The molecule has 1 saturated carbocycles. The summed E-state index contributed by atoms with van der Waals surface area (Å²) in [5, 5.41) is 11.7. The van der Waals surface area contributed by atoms with Crippen LogP contribution in [0.25, 0.3) is 0 Å². The monoisotopic (exact) mass is 309 g/mol. The Morgan fingerprint density at radius 2 is 2.10 bits per heavy atom. The second kappa shape index (κ2) is 7.45. The highest BCUT2D eigenvalue weighted by atomic mass is 32.2. The van der Waals surface area contributed by atoms with Gasteiger partial charge < -0.3 is 4.74 Å². The lowest BCUT2D eigenvalue weighted by atomic mass is 10.0. The second-order valence-electron chi connectivity index (χ2n) is 5.04. The van der Waals surface area contributed by atoms with Gasteiger partial charge in [-0.2, -0.15) is 0 Å². The fourth-order valence-electron chi connectivity index (χ4n) is 2.46. The molecule has 1 aromatic carbocycles. The average molecular weight is 309 g/mol. The summed E-state index contributed by atoms with van der Waals surface area (Å²) in [5.74, 6) is -0.519. The van der Waals surface area contributed by atoms with Gasteiger partial charge in [-0.05, 0) is 31.9 Å². The predicted molar refractivity (Wildman–Crippen MR) is 81.8 cm³/mol. The van der Waals surface area contributed by atoms with Crippen LogP contribution in [0.15, 0.2) is 23.1 Å². The molecule has 0 spiro atoms. The summed E-state index contributed by atoms with van der Waals surface area (Å²) < 4.78 is 4.88. The Bertz CT molecular complexity index is 526. The molecule has 0 aliphatic heterocycles. The summed E-state index contributed by atoms with van der Waals surface area (Å²) in [6.45, 7) is 1.96. The fraction of sp³-hybridized carbons (Fsp3) is 0.533. The van der Waals surface area contributed by atoms with Gasteiger partial charge in [-0.1, -0.05) is 19.3 Å². The molecular weight excluding hydrogens is 290 g/mol. The number of rotatable bonds is 5. The predicted octanol–water partition coefficient (Wildman–Crippen LogP) is 4.20. The van der Waals surface area contributed by atoms with Crippen LogP contribution < -0.4 is 0 Å². The third-order valence-electron chi connectivity index (χ3n) is 3.51. The molecule has 1 aliphatic rings. The van der Waals surface area contributed by atoms with E-state index in [0.717, 1.165) is 12.8 Å². The van der Waals surface area contributed by atoms with Gasteiger partial charge in [0.1, 0.15) is 0 Å². The largest absolute Gasteiger partial charge is 0.462 e. The molecule has 114 valence electrons. The summed E-state index contributed by atoms with van der Waals surface area (Å²) in [7, 11) is 0. The normalized spacial score (nSPS) is 15.7. The van der Waals surface area contributed by atoms with Crippen molar-refractivity contribution in [1.29, 1.82) is 0 Å². The van der Waals surface area contributed by atoms with E-state index in [2.05, 4.69) is 0 Å². The van der Waals surface area contributed by atoms with Crippen molar-refractivity contribution in [2.75, 3.05) is 6.61 Å². The maximum absolute atomic E-state index is 11.7. The molecule has 1 fully saturated rings. The highest BCUT2D eigenvalue weighted by molar-refractivity contribution is 8.00. The molecule has 0 heterocycles. The number of thioether (sulfide) groups is 1. The highest BCUT2D eigenvalue weighted by Crippen LogP contribution is 2.38. The Kier molecular flexibility index (Phi) is 5.61. The molecule has 2 rings (SSSR count). The van der Waals surface area contributed by atoms with Crippen molar-refractivity contribution in [3.05, 3.63) is 33.9 Å². The van der Waals surface area contributed by atoms with Crippen LogP contribution in [-0.2, 0) is 4.74 Å². The van der Waals surface area contributed by atoms with E-state index in [4.69, 9.17) is 4.74 Å². The smallest absolute Gasteiger partial charge is 0.338 e. The van der Waals surface area contributed by atoms with E-state index in [-0.39, 0.29) is 17.9 Å².